The number of rotatable bonds is 4. The maximum atomic E-state index is 13.0. The fraction of sp³-hybridized carbons (Fsp3) is 0.684. The van der Waals surface area contributed by atoms with Crippen LogP contribution in [-0.4, -0.2) is 36.4 Å². The minimum atomic E-state index is -0.179. The summed E-state index contributed by atoms with van der Waals surface area (Å²) in [5.74, 6) is 2.65. The van der Waals surface area contributed by atoms with E-state index >= 15 is 0 Å². The number of thioether (sulfide) groups is 1. The summed E-state index contributed by atoms with van der Waals surface area (Å²) in [4.78, 5) is 21.6. The zero-order valence-corrected chi connectivity index (χ0v) is 16.1. The van der Waals surface area contributed by atoms with E-state index in [0.717, 1.165) is 33.8 Å². The number of hydrogen-bond donors (Lipinski definition) is 1. The molecule has 1 N–H and O–H groups in total. The first-order valence-electron chi connectivity index (χ1n) is 9.63. The summed E-state index contributed by atoms with van der Waals surface area (Å²) >= 11 is 1.51. The Morgan fingerprint density at radius 2 is 1.88 bits per heavy atom. The quantitative estimate of drug-likeness (QED) is 0.661. The van der Waals surface area contributed by atoms with E-state index in [4.69, 9.17) is 0 Å². The molecule has 4 aliphatic rings. The van der Waals surface area contributed by atoms with Gasteiger partial charge in [-0.15, -0.1) is 0 Å². The van der Waals surface area contributed by atoms with Gasteiger partial charge in [0.2, 0.25) is 5.91 Å². The maximum absolute atomic E-state index is 13.0. The molecule has 0 radical (unpaired) electrons. The van der Waals surface area contributed by atoms with Gasteiger partial charge in [0.15, 0.2) is 5.65 Å². The number of carbonyl (C=O) groups excluding carboxylic acids is 1. The molecule has 0 spiro atoms. The van der Waals surface area contributed by atoms with Gasteiger partial charge in [0.25, 0.3) is 0 Å². The molecule has 138 valence electrons. The monoisotopic (exact) mass is 371 g/mol. The normalized spacial score (nSPS) is 33.5. The Labute approximate surface area is 157 Å². The number of nitrogens with one attached hydrogen (secondary N) is 1. The Kier molecular flexibility index (Phi) is 3.78. The van der Waals surface area contributed by atoms with Crippen LogP contribution in [0.3, 0.4) is 0 Å². The minimum absolute atomic E-state index is 0.0654. The highest BCUT2D eigenvalue weighted by atomic mass is 32.2. The molecular weight excluding hydrogens is 346 g/mol. The lowest BCUT2D eigenvalue weighted by Gasteiger charge is -2.57. The van der Waals surface area contributed by atoms with Gasteiger partial charge in [-0.1, -0.05) is 11.8 Å². The number of amides is 1. The zero-order valence-electron chi connectivity index (χ0n) is 15.3. The molecule has 0 aliphatic heterocycles. The summed E-state index contributed by atoms with van der Waals surface area (Å²) in [6.45, 7) is 1.98. The molecule has 1 amide bonds. The summed E-state index contributed by atoms with van der Waals surface area (Å²) in [6.07, 6.45) is 11.0. The molecule has 7 heteroatoms. The molecule has 4 aliphatic carbocycles. The van der Waals surface area contributed by atoms with Crippen molar-refractivity contribution in [2.24, 2.45) is 24.8 Å². The van der Waals surface area contributed by atoms with Crippen LogP contribution in [-0.2, 0) is 11.8 Å². The summed E-state index contributed by atoms with van der Waals surface area (Å²) in [7, 11) is 1.87. The van der Waals surface area contributed by atoms with E-state index < -0.39 is 0 Å². The topological polar surface area (TPSA) is 72.7 Å². The summed E-state index contributed by atoms with van der Waals surface area (Å²) < 4.78 is 1.74. The van der Waals surface area contributed by atoms with Crippen molar-refractivity contribution in [2.75, 3.05) is 0 Å². The van der Waals surface area contributed by atoms with Crippen molar-refractivity contribution in [1.29, 1.82) is 0 Å². The smallest absolute Gasteiger partial charge is 0.233 e. The van der Waals surface area contributed by atoms with E-state index in [0.29, 0.717) is 0 Å². The first-order valence-corrected chi connectivity index (χ1v) is 10.5. The average molecular weight is 372 g/mol. The van der Waals surface area contributed by atoms with Crippen molar-refractivity contribution in [3.63, 3.8) is 0 Å². The molecule has 2 aromatic heterocycles. The second-order valence-electron chi connectivity index (χ2n) is 8.63. The highest BCUT2D eigenvalue weighted by molar-refractivity contribution is 8.00. The SMILES string of the molecule is CC(Sc1ncnc2c1cnn2C)C(=O)NC12CC3CC(CC(C3)C1)C2. The van der Waals surface area contributed by atoms with Crippen LogP contribution >= 0.6 is 11.8 Å². The molecule has 4 fully saturated rings. The van der Waals surface area contributed by atoms with Crippen LogP contribution in [0.2, 0.25) is 0 Å². The third-order valence-electron chi connectivity index (χ3n) is 6.58. The molecule has 1 atom stereocenters. The summed E-state index contributed by atoms with van der Waals surface area (Å²) in [5, 5.41) is 9.29. The van der Waals surface area contributed by atoms with Crippen LogP contribution in [0.15, 0.2) is 17.6 Å². The van der Waals surface area contributed by atoms with Gasteiger partial charge in [0.1, 0.15) is 11.4 Å². The average Bonchev–Trinajstić information content (AvgIpc) is 2.95. The number of nitrogens with zero attached hydrogens (tertiary/aromatic N) is 4. The van der Waals surface area contributed by atoms with E-state index in [2.05, 4.69) is 20.4 Å². The van der Waals surface area contributed by atoms with Gasteiger partial charge in [-0.25, -0.2) is 9.97 Å². The summed E-state index contributed by atoms with van der Waals surface area (Å²) in [5.41, 5.74) is 0.867. The van der Waals surface area contributed by atoms with Gasteiger partial charge in [-0.3, -0.25) is 9.48 Å². The van der Waals surface area contributed by atoms with Gasteiger partial charge < -0.3 is 5.32 Å². The van der Waals surface area contributed by atoms with Crippen molar-refractivity contribution in [3.8, 4) is 0 Å². The molecule has 4 saturated carbocycles. The van der Waals surface area contributed by atoms with E-state index in [1.165, 1.54) is 50.3 Å². The predicted octanol–water partition coefficient (Wildman–Crippen LogP) is 2.93. The lowest BCUT2D eigenvalue weighted by atomic mass is 9.53. The fourth-order valence-electron chi connectivity index (χ4n) is 5.88. The molecular formula is C19H25N5OS. The van der Waals surface area contributed by atoms with E-state index in [9.17, 15) is 4.79 Å². The Hall–Kier alpha value is -1.63. The first kappa shape index (κ1) is 16.5. The van der Waals surface area contributed by atoms with Gasteiger partial charge in [-0.2, -0.15) is 5.10 Å². The Morgan fingerprint density at radius 1 is 1.23 bits per heavy atom. The summed E-state index contributed by atoms with van der Waals surface area (Å²) in [6, 6.07) is 0. The van der Waals surface area contributed by atoms with Gasteiger partial charge in [0, 0.05) is 12.6 Å². The zero-order chi connectivity index (χ0) is 17.9. The lowest BCUT2D eigenvalue weighted by molar-refractivity contribution is -0.126. The molecule has 26 heavy (non-hydrogen) atoms. The Morgan fingerprint density at radius 3 is 2.54 bits per heavy atom. The van der Waals surface area contributed by atoms with Crippen molar-refractivity contribution in [2.45, 2.75) is 61.3 Å². The van der Waals surface area contributed by atoms with Gasteiger partial charge >= 0.3 is 0 Å². The van der Waals surface area contributed by atoms with E-state index in [-0.39, 0.29) is 16.7 Å². The molecule has 0 aromatic carbocycles. The minimum Gasteiger partial charge on any atom is -0.350 e. The van der Waals surface area contributed by atoms with Gasteiger partial charge in [0.05, 0.1) is 16.8 Å². The molecule has 2 heterocycles. The molecule has 0 saturated heterocycles. The van der Waals surface area contributed by atoms with Crippen LogP contribution < -0.4 is 5.32 Å². The lowest BCUT2D eigenvalue weighted by Crippen LogP contribution is -2.60. The van der Waals surface area contributed by atoms with Crippen molar-refractivity contribution >= 4 is 28.7 Å². The standard InChI is InChI=1S/C19H25N5OS/c1-11(26-18-15-9-22-24(2)16(15)20-10-21-18)17(25)23-19-6-12-3-13(7-19)5-14(4-12)8-19/h9-14H,3-8H2,1-2H3,(H,23,25). The molecule has 6 rings (SSSR count). The Bertz CT molecular complexity index is 827. The molecule has 2 aromatic rings. The van der Waals surface area contributed by atoms with Crippen molar-refractivity contribution in [1.82, 2.24) is 25.1 Å². The maximum Gasteiger partial charge on any atom is 0.233 e. The van der Waals surface area contributed by atoms with E-state index in [1.807, 2.05) is 14.0 Å². The van der Waals surface area contributed by atoms with Crippen LogP contribution in [0.5, 0.6) is 0 Å². The fourth-order valence-corrected chi connectivity index (χ4v) is 6.76. The van der Waals surface area contributed by atoms with Crippen LogP contribution in [0.25, 0.3) is 11.0 Å². The largest absolute Gasteiger partial charge is 0.350 e. The Balaban J connectivity index is 1.31. The van der Waals surface area contributed by atoms with Crippen LogP contribution in [0.4, 0.5) is 0 Å². The number of carbonyl (C=O) groups is 1. The predicted molar refractivity (Wildman–Crippen MR) is 101 cm³/mol. The third-order valence-corrected chi connectivity index (χ3v) is 7.69. The van der Waals surface area contributed by atoms with Crippen molar-refractivity contribution < 1.29 is 4.79 Å². The molecule has 6 nitrogen and oxygen atoms in total. The number of aromatic nitrogens is 4. The van der Waals surface area contributed by atoms with Gasteiger partial charge in [-0.05, 0) is 63.2 Å². The van der Waals surface area contributed by atoms with Crippen molar-refractivity contribution in [3.05, 3.63) is 12.5 Å². The number of fused-ring (bicyclic) bond motifs is 1. The van der Waals surface area contributed by atoms with E-state index in [1.54, 1.807) is 17.2 Å². The highest BCUT2D eigenvalue weighted by Crippen LogP contribution is 2.55. The molecule has 1 unspecified atom stereocenters. The first-order chi connectivity index (χ1) is 12.5. The highest BCUT2D eigenvalue weighted by Gasteiger charge is 2.51. The second kappa shape index (κ2) is 5.94. The van der Waals surface area contributed by atoms with Crippen LogP contribution in [0.1, 0.15) is 45.4 Å². The number of hydrogen-bond acceptors (Lipinski definition) is 5. The second-order valence-corrected chi connectivity index (χ2v) is 9.96. The number of aryl methyl sites for hydroxylation is 1. The third kappa shape index (κ3) is 2.71. The molecule has 4 bridgehead atoms. The van der Waals surface area contributed by atoms with Crippen LogP contribution in [0, 0.1) is 17.8 Å².